The van der Waals surface area contributed by atoms with Gasteiger partial charge in [0.15, 0.2) is 11.4 Å². The molecule has 1 aliphatic heterocycles. The van der Waals surface area contributed by atoms with Crippen LogP contribution >= 0.6 is 0 Å². The number of furan rings is 1. The highest BCUT2D eigenvalue weighted by atomic mass is 16.3. The molecule has 0 saturated heterocycles. The number of fused-ring (bicyclic) bond motifs is 12. The number of benzene rings is 9. The van der Waals surface area contributed by atoms with E-state index in [0.717, 1.165) is 99.8 Å². The Hall–Kier alpha value is -8.48. The average Bonchev–Trinajstić information content (AvgIpc) is 4.03. The first-order valence-electron chi connectivity index (χ1n) is 21.4. The number of nitrogens with zero attached hydrogens (tertiary/aromatic N) is 4. The van der Waals surface area contributed by atoms with Gasteiger partial charge in [-0.25, -0.2) is 9.98 Å². The van der Waals surface area contributed by atoms with Crippen molar-refractivity contribution in [2.24, 2.45) is 9.98 Å². The van der Waals surface area contributed by atoms with Gasteiger partial charge in [0.1, 0.15) is 17.6 Å². The van der Waals surface area contributed by atoms with Crippen molar-refractivity contribution in [1.82, 2.24) is 14.5 Å². The Morgan fingerprint density at radius 2 is 1.02 bits per heavy atom. The third-order valence-corrected chi connectivity index (χ3v) is 12.6. The van der Waals surface area contributed by atoms with Crippen molar-refractivity contribution in [2.75, 3.05) is 0 Å². The minimum Gasteiger partial charge on any atom is -0.454 e. The summed E-state index contributed by atoms with van der Waals surface area (Å²) in [6, 6.07) is 74.8. The van der Waals surface area contributed by atoms with E-state index in [1.807, 2.05) is 24.3 Å². The fraction of sp³-hybridized carbons (Fsp3) is 0.0175. The van der Waals surface area contributed by atoms with Gasteiger partial charge in [0.25, 0.3) is 0 Å². The summed E-state index contributed by atoms with van der Waals surface area (Å²) in [6.45, 7) is 0. The molecule has 0 saturated carbocycles. The molecule has 1 unspecified atom stereocenters. The number of hydrogen-bond donors (Lipinski definition) is 1. The van der Waals surface area contributed by atoms with Crippen molar-refractivity contribution in [3.05, 3.63) is 229 Å². The largest absolute Gasteiger partial charge is 0.454 e. The van der Waals surface area contributed by atoms with Crippen molar-refractivity contribution in [2.45, 2.75) is 6.17 Å². The van der Waals surface area contributed by atoms with E-state index >= 15 is 0 Å². The molecule has 296 valence electrons. The SMILES string of the molecule is c1ccc(C2=NC(c3ccc(-n4c5ccccc5c5c4c4oc6ccccc6c4c4c6ccccc6n(-c6ccccc6)c45)cc3-c3ccccc3)=NC(c3ccccc3)N2)cc1. The molecule has 9 aromatic carbocycles. The summed E-state index contributed by atoms with van der Waals surface area (Å²) in [4.78, 5) is 10.6. The molecule has 4 heterocycles. The lowest BCUT2D eigenvalue weighted by Crippen LogP contribution is -2.33. The average molecular weight is 808 g/mol. The van der Waals surface area contributed by atoms with Crippen molar-refractivity contribution < 1.29 is 4.42 Å². The lowest BCUT2D eigenvalue weighted by atomic mass is 9.97. The molecule has 6 nitrogen and oxygen atoms in total. The van der Waals surface area contributed by atoms with Crippen LogP contribution in [-0.4, -0.2) is 20.8 Å². The summed E-state index contributed by atoms with van der Waals surface area (Å²) in [5.74, 6) is 1.45. The third-order valence-electron chi connectivity index (χ3n) is 12.6. The van der Waals surface area contributed by atoms with E-state index < -0.39 is 0 Å². The highest BCUT2D eigenvalue weighted by Crippen LogP contribution is 2.49. The first kappa shape index (κ1) is 35.3. The highest BCUT2D eigenvalue weighted by Gasteiger charge is 2.29. The van der Waals surface area contributed by atoms with Gasteiger partial charge in [-0.3, -0.25) is 0 Å². The summed E-state index contributed by atoms with van der Waals surface area (Å²) >= 11 is 0. The number of aliphatic imine (C=N–C) groups is 2. The van der Waals surface area contributed by atoms with E-state index in [1.54, 1.807) is 0 Å². The van der Waals surface area contributed by atoms with Gasteiger partial charge in [-0.2, -0.15) is 0 Å². The molecule has 0 fully saturated rings. The summed E-state index contributed by atoms with van der Waals surface area (Å²) < 4.78 is 12.0. The summed E-state index contributed by atoms with van der Waals surface area (Å²) in [6.07, 6.45) is -0.324. The van der Waals surface area contributed by atoms with Crippen LogP contribution in [0.2, 0.25) is 0 Å². The van der Waals surface area contributed by atoms with Crippen molar-refractivity contribution in [3.8, 4) is 22.5 Å². The molecule has 0 bridgehead atoms. The van der Waals surface area contributed by atoms with Gasteiger partial charge < -0.3 is 18.9 Å². The Labute approximate surface area is 362 Å². The molecule has 63 heavy (non-hydrogen) atoms. The van der Waals surface area contributed by atoms with Gasteiger partial charge in [0, 0.05) is 54.8 Å². The molecule has 1 atom stereocenters. The van der Waals surface area contributed by atoms with Crippen LogP contribution in [0.3, 0.4) is 0 Å². The van der Waals surface area contributed by atoms with Crippen LogP contribution in [0.1, 0.15) is 22.9 Å². The first-order chi connectivity index (χ1) is 31.3. The summed E-state index contributed by atoms with van der Waals surface area (Å²) in [5.41, 5.74) is 13.4. The molecule has 3 aromatic heterocycles. The maximum Gasteiger partial charge on any atom is 0.160 e. The second-order valence-corrected chi connectivity index (χ2v) is 16.1. The molecule has 13 rings (SSSR count). The number of hydrogen-bond acceptors (Lipinski definition) is 4. The molecule has 0 amide bonds. The Kier molecular flexibility index (Phi) is 7.87. The highest BCUT2D eigenvalue weighted by molar-refractivity contribution is 6.39. The van der Waals surface area contributed by atoms with Gasteiger partial charge in [-0.05, 0) is 65.2 Å². The summed E-state index contributed by atoms with van der Waals surface area (Å²) in [5, 5.41) is 10.5. The zero-order valence-electron chi connectivity index (χ0n) is 34.0. The van der Waals surface area contributed by atoms with E-state index in [1.165, 1.54) is 10.8 Å². The lowest BCUT2D eigenvalue weighted by Gasteiger charge is -2.24. The van der Waals surface area contributed by atoms with E-state index in [9.17, 15) is 0 Å². The van der Waals surface area contributed by atoms with E-state index in [4.69, 9.17) is 14.4 Å². The minimum absolute atomic E-state index is 0.324. The first-order valence-corrected chi connectivity index (χ1v) is 21.4. The molecule has 6 heteroatoms. The van der Waals surface area contributed by atoms with Crippen LogP contribution in [0.15, 0.2) is 227 Å². The summed E-state index contributed by atoms with van der Waals surface area (Å²) in [7, 11) is 0. The van der Waals surface area contributed by atoms with Crippen LogP contribution in [-0.2, 0) is 0 Å². The van der Waals surface area contributed by atoms with Gasteiger partial charge in [-0.15, -0.1) is 0 Å². The van der Waals surface area contributed by atoms with Crippen molar-refractivity contribution in [3.63, 3.8) is 0 Å². The number of amidine groups is 2. The molecule has 0 spiro atoms. The number of aromatic nitrogens is 2. The number of nitrogens with one attached hydrogen (secondary N) is 1. The molecular weight excluding hydrogens is 771 g/mol. The Morgan fingerprint density at radius 1 is 0.444 bits per heavy atom. The van der Waals surface area contributed by atoms with Crippen LogP contribution < -0.4 is 5.32 Å². The van der Waals surface area contributed by atoms with Crippen LogP contribution in [0.4, 0.5) is 0 Å². The van der Waals surface area contributed by atoms with Gasteiger partial charge in [0.05, 0.1) is 22.1 Å². The molecule has 0 radical (unpaired) electrons. The Balaban J connectivity index is 1.15. The van der Waals surface area contributed by atoms with E-state index in [2.05, 4.69) is 203 Å². The maximum atomic E-state index is 7.10. The molecule has 0 aliphatic carbocycles. The topological polar surface area (TPSA) is 59.8 Å². The lowest BCUT2D eigenvalue weighted by molar-refractivity contribution is 0.671. The predicted molar refractivity (Wildman–Crippen MR) is 260 cm³/mol. The molecular formula is C57H37N5O. The minimum atomic E-state index is -0.324. The van der Waals surface area contributed by atoms with Gasteiger partial charge >= 0.3 is 0 Å². The van der Waals surface area contributed by atoms with Crippen LogP contribution in [0.5, 0.6) is 0 Å². The normalized spacial score (nSPS) is 14.2. The zero-order valence-corrected chi connectivity index (χ0v) is 34.0. The quantitative estimate of drug-likeness (QED) is 0.182. The Morgan fingerprint density at radius 3 is 1.73 bits per heavy atom. The van der Waals surface area contributed by atoms with Crippen molar-refractivity contribution in [1.29, 1.82) is 0 Å². The Bertz CT molecular complexity index is 3800. The fourth-order valence-electron chi connectivity index (χ4n) is 9.84. The van der Waals surface area contributed by atoms with Crippen LogP contribution in [0, 0.1) is 0 Å². The van der Waals surface area contributed by atoms with E-state index in [0.29, 0.717) is 5.84 Å². The maximum absolute atomic E-state index is 7.10. The monoisotopic (exact) mass is 807 g/mol. The van der Waals surface area contributed by atoms with Crippen LogP contribution in [0.25, 0.3) is 88.1 Å². The zero-order chi connectivity index (χ0) is 41.4. The van der Waals surface area contributed by atoms with Gasteiger partial charge in [0.2, 0.25) is 0 Å². The fourth-order valence-corrected chi connectivity index (χ4v) is 9.84. The molecule has 1 N–H and O–H groups in total. The van der Waals surface area contributed by atoms with Crippen molar-refractivity contribution >= 4 is 77.2 Å². The molecule has 1 aliphatic rings. The second-order valence-electron chi connectivity index (χ2n) is 16.1. The number of para-hydroxylation sites is 4. The smallest absolute Gasteiger partial charge is 0.160 e. The van der Waals surface area contributed by atoms with Gasteiger partial charge in [-0.1, -0.05) is 164 Å². The standard InChI is InChI=1S/C57H37N5O/c1-5-19-36(20-6-1)45-35-40(33-34-41(45)57-59-55(37-21-7-2-8-22-37)58-56(60-57)38-23-9-3-10-24-38)62-47-31-17-14-28-43(47)51-52-49(50-44-29-15-18-32-48(44)63-54(50)53(51)62)42-27-13-16-30-46(42)61(52)39-25-11-4-12-26-39/h1-35,55H,(H,58,59,60). The third kappa shape index (κ3) is 5.45. The number of rotatable bonds is 6. The predicted octanol–water partition coefficient (Wildman–Crippen LogP) is 13.9. The van der Waals surface area contributed by atoms with E-state index in [-0.39, 0.29) is 6.17 Å². The second kappa shape index (κ2) is 14.0. The molecule has 12 aromatic rings.